The highest BCUT2D eigenvalue weighted by atomic mass is 32.2. The number of hydrogen-bond donors (Lipinski definition) is 2. The molecule has 0 bridgehead atoms. The summed E-state index contributed by atoms with van der Waals surface area (Å²) in [4.78, 5) is 1.94. The van der Waals surface area contributed by atoms with Crippen molar-refractivity contribution in [1.29, 1.82) is 0 Å². The number of oxime groups is 1. The quantitative estimate of drug-likeness (QED) is 0.303. The fraction of sp³-hybridized carbons (Fsp3) is 0.875. The Morgan fingerprint density at radius 2 is 2.54 bits per heavy atom. The third-order valence-electron chi connectivity index (χ3n) is 2.21. The van der Waals surface area contributed by atoms with Gasteiger partial charge in [0.1, 0.15) is 0 Å². The Kier molecular flexibility index (Phi) is 4.21. The van der Waals surface area contributed by atoms with Crippen LogP contribution < -0.4 is 5.73 Å². The van der Waals surface area contributed by atoms with Gasteiger partial charge in [-0.3, -0.25) is 0 Å². The topological polar surface area (TPSA) is 61.8 Å². The molecule has 0 radical (unpaired) electrons. The van der Waals surface area contributed by atoms with Crippen LogP contribution in [0.1, 0.15) is 19.8 Å². The van der Waals surface area contributed by atoms with Crippen molar-refractivity contribution in [3.63, 3.8) is 0 Å². The van der Waals surface area contributed by atoms with Gasteiger partial charge in [-0.05, 0) is 18.6 Å². The zero-order chi connectivity index (χ0) is 9.68. The van der Waals surface area contributed by atoms with Crippen LogP contribution in [0.15, 0.2) is 5.16 Å². The maximum absolute atomic E-state index is 8.52. The summed E-state index contributed by atoms with van der Waals surface area (Å²) in [6, 6.07) is 0. The lowest BCUT2D eigenvalue weighted by Gasteiger charge is -2.32. The normalized spacial score (nSPS) is 24.8. The molecule has 1 aliphatic heterocycles. The molecular weight excluding hydrogens is 186 g/mol. The minimum Gasteiger partial charge on any atom is -0.408 e. The van der Waals surface area contributed by atoms with E-state index in [0.717, 1.165) is 25.3 Å². The fourth-order valence-electron chi connectivity index (χ4n) is 1.58. The average molecular weight is 203 g/mol. The van der Waals surface area contributed by atoms with Crippen LogP contribution in [-0.4, -0.2) is 40.2 Å². The van der Waals surface area contributed by atoms with E-state index in [2.05, 4.69) is 12.1 Å². The summed E-state index contributed by atoms with van der Waals surface area (Å²) in [5, 5.41) is 12.2. The van der Waals surface area contributed by atoms with E-state index in [1.807, 2.05) is 16.7 Å². The molecule has 1 rings (SSSR count). The number of nitrogens with zero attached hydrogens (tertiary/aromatic N) is 2. The highest BCUT2D eigenvalue weighted by Crippen LogP contribution is 2.21. The lowest BCUT2D eigenvalue weighted by atomic mass is 10.1. The van der Waals surface area contributed by atoms with Crippen LogP contribution in [-0.2, 0) is 0 Å². The van der Waals surface area contributed by atoms with Crippen LogP contribution in [0, 0.1) is 0 Å². The second-order valence-corrected chi connectivity index (χ2v) is 4.70. The van der Waals surface area contributed by atoms with Crippen molar-refractivity contribution in [2.75, 3.05) is 18.8 Å². The van der Waals surface area contributed by atoms with Crippen molar-refractivity contribution in [2.45, 2.75) is 25.0 Å². The molecule has 3 N–H and O–H groups in total. The molecule has 76 valence electrons. The van der Waals surface area contributed by atoms with E-state index in [1.54, 1.807) is 0 Å². The van der Waals surface area contributed by atoms with Crippen LogP contribution in [0.3, 0.4) is 0 Å². The number of likely N-dealkylation sites (tertiary alicyclic amines) is 1. The second-order valence-electron chi connectivity index (χ2n) is 3.12. The van der Waals surface area contributed by atoms with Crippen LogP contribution in [0.5, 0.6) is 0 Å². The zero-order valence-corrected chi connectivity index (χ0v) is 8.76. The zero-order valence-electron chi connectivity index (χ0n) is 7.94. The summed E-state index contributed by atoms with van der Waals surface area (Å²) in [7, 11) is 0. The Balaban J connectivity index is 2.41. The molecular formula is C8H17N3OS. The molecule has 1 heterocycles. The minimum absolute atomic E-state index is 0.251. The summed E-state index contributed by atoms with van der Waals surface area (Å²) in [5.74, 6) is 1.38. The molecule has 1 fully saturated rings. The number of thioether (sulfide) groups is 1. The van der Waals surface area contributed by atoms with Gasteiger partial charge in [0.25, 0.3) is 0 Å². The molecule has 0 aromatic carbocycles. The van der Waals surface area contributed by atoms with E-state index in [0.29, 0.717) is 5.25 Å². The SMILES string of the molecule is CCSC1CCCN(/C(N)=N/O)C1. The van der Waals surface area contributed by atoms with Gasteiger partial charge >= 0.3 is 0 Å². The maximum atomic E-state index is 8.52. The van der Waals surface area contributed by atoms with Crippen molar-refractivity contribution < 1.29 is 5.21 Å². The summed E-state index contributed by atoms with van der Waals surface area (Å²) in [6.07, 6.45) is 2.38. The van der Waals surface area contributed by atoms with Gasteiger partial charge in [-0.1, -0.05) is 12.1 Å². The molecule has 5 heteroatoms. The van der Waals surface area contributed by atoms with E-state index in [-0.39, 0.29) is 5.96 Å². The molecule has 0 amide bonds. The van der Waals surface area contributed by atoms with Gasteiger partial charge < -0.3 is 15.8 Å². The number of guanidine groups is 1. The largest absolute Gasteiger partial charge is 0.408 e. The van der Waals surface area contributed by atoms with Crippen molar-refractivity contribution >= 4 is 17.7 Å². The minimum atomic E-state index is 0.251. The summed E-state index contributed by atoms with van der Waals surface area (Å²) < 4.78 is 0. The van der Waals surface area contributed by atoms with Gasteiger partial charge in [0.15, 0.2) is 0 Å². The molecule has 0 spiro atoms. The highest BCUT2D eigenvalue weighted by Gasteiger charge is 2.20. The summed E-state index contributed by atoms with van der Waals surface area (Å²) in [5.41, 5.74) is 5.52. The predicted octanol–water partition coefficient (Wildman–Crippen LogP) is 0.908. The first-order valence-corrected chi connectivity index (χ1v) is 5.67. The molecule has 4 nitrogen and oxygen atoms in total. The monoisotopic (exact) mass is 203 g/mol. The highest BCUT2D eigenvalue weighted by molar-refractivity contribution is 7.99. The number of nitrogens with two attached hydrogens (primary N) is 1. The van der Waals surface area contributed by atoms with E-state index in [1.165, 1.54) is 6.42 Å². The molecule has 1 atom stereocenters. The molecule has 1 unspecified atom stereocenters. The van der Waals surface area contributed by atoms with E-state index < -0.39 is 0 Å². The molecule has 1 aliphatic rings. The van der Waals surface area contributed by atoms with Gasteiger partial charge in [-0.25, -0.2) is 0 Å². The lowest BCUT2D eigenvalue weighted by Crippen LogP contribution is -2.45. The third-order valence-corrected chi connectivity index (χ3v) is 3.40. The Labute approximate surface area is 83.2 Å². The number of piperidine rings is 1. The predicted molar refractivity (Wildman–Crippen MR) is 56.1 cm³/mol. The Hall–Kier alpha value is -0.580. The second kappa shape index (κ2) is 5.21. The Morgan fingerprint density at radius 3 is 3.15 bits per heavy atom. The van der Waals surface area contributed by atoms with E-state index in [4.69, 9.17) is 10.9 Å². The first-order chi connectivity index (χ1) is 6.27. The summed E-state index contributed by atoms with van der Waals surface area (Å²) in [6.45, 7) is 3.98. The Bertz CT molecular complexity index is 184. The van der Waals surface area contributed by atoms with E-state index >= 15 is 0 Å². The van der Waals surface area contributed by atoms with Crippen molar-refractivity contribution in [2.24, 2.45) is 10.9 Å². The van der Waals surface area contributed by atoms with Gasteiger partial charge in [-0.2, -0.15) is 11.8 Å². The number of hydrogen-bond acceptors (Lipinski definition) is 3. The first-order valence-electron chi connectivity index (χ1n) is 4.62. The molecule has 13 heavy (non-hydrogen) atoms. The fourth-order valence-corrected chi connectivity index (χ4v) is 2.67. The van der Waals surface area contributed by atoms with Gasteiger partial charge in [0.05, 0.1) is 0 Å². The molecule has 0 aliphatic carbocycles. The molecule has 0 aromatic heterocycles. The van der Waals surface area contributed by atoms with Crippen molar-refractivity contribution in [3.05, 3.63) is 0 Å². The number of rotatable bonds is 2. The average Bonchev–Trinajstić information content (AvgIpc) is 2.18. The van der Waals surface area contributed by atoms with Crippen LogP contribution in [0.25, 0.3) is 0 Å². The smallest absolute Gasteiger partial charge is 0.233 e. The molecule has 1 saturated heterocycles. The summed E-state index contributed by atoms with van der Waals surface area (Å²) >= 11 is 1.95. The lowest BCUT2D eigenvalue weighted by molar-refractivity contribution is 0.285. The van der Waals surface area contributed by atoms with Gasteiger partial charge in [0, 0.05) is 18.3 Å². The standard InChI is InChI=1S/C8H17N3OS/c1-2-13-7-4-3-5-11(6-7)8(9)10-12/h7,12H,2-6H2,1H3,(H2,9,10). The van der Waals surface area contributed by atoms with Crippen LogP contribution in [0.2, 0.25) is 0 Å². The van der Waals surface area contributed by atoms with Gasteiger partial charge in [-0.15, -0.1) is 0 Å². The van der Waals surface area contributed by atoms with Crippen molar-refractivity contribution in [1.82, 2.24) is 4.90 Å². The molecule has 0 aromatic rings. The third kappa shape index (κ3) is 2.99. The van der Waals surface area contributed by atoms with Gasteiger partial charge in [0.2, 0.25) is 5.96 Å². The van der Waals surface area contributed by atoms with Crippen molar-refractivity contribution in [3.8, 4) is 0 Å². The Morgan fingerprint density at radius 1 is 1.77 bits per heavy atom. The maximum Gasteiger partial charge on any atom is 0.233 e. The van der Waals surface area contributed by atoms with E-state index in [9.17, 15) is 0 Å². The van der Waals surface area contributed by atoms with Crippen LogP contribution in [0.4, 0.5) is 0 Å². The van der Waals surface area contributed by atoms with Crippen LogP contribution >= 0.6 is 11.8 Å². The first kappa shape index (κ1) is 10.5. The molecule has 0 saturated carbocycles.